The van der Waals surface area contributed by atoms with Gasteiger partial charge in [0.1, 0.15) is 11.9 Å². The molecular weight excluding hydrogens is 378 g/mol. The van der Waals surface area contributed by atoms with Crippen LogP contribution in [0.3, 0.4) is 0 Å². The van der Waals surface area contributed by atoms with Gasteiger partial charge in [-0.3, -0.25) is 9.36 Å². The maximum absolute atomic E-state index is 12.1. The van der Waals surface area contributed by atoms with E-state index in [2.05, 4.69) is 27.1 Å². The molecule has 0 radical (unpaired) electrons. The van der Waals surface area contributed by atoms with Gasteiger partial charge >= 0.3 is 0 Å². The summed E-state index contributed by atoms with van der Waals surface area (Å²) in [7, 11) is 3.11. The Morgan fingerprint density at radius 1 is 1.39 bits per heavy atom. The van der Waals surface area contributed by atoms with E-state index in [1.165, 1.54) is 7.11 Å². The molecule has 0 aliphatic rings. The van der Waals surface area contributed by atoms with Gasteiger partial charge in [0.15, 0.2) is 5.82 Å². The minimum atomic E-state index is -0.597. The van der Waals surface area contributed by atoms with Crippen molar-refractivity contribution in [2.75, 3.05) is 14.2 Å². The Balaban J connectivity index is 2.57. The smallest absolute Gasteiger partial charge is 0.222 e. The molecule has 0 aliphatic heterocycles. The zero-order valence-corrected chi connectivity index (χ0v) is 17.2. The van der Waals surface area contributed by atoms with Gasteiger partial charge in [0.05, 0.1) is 13.5 Å². The maximum Gasteiger partial charge on any atom is 0.222 e. The van der Waals surface area contributed by atoms with E-state index in [0.717, 1.165) is 11.3 Å². The zero-order valence-electron chi connectivity index (χ0n) is 16.4. The number of methoxy groups -OCH3 is 1. The number of benzene rings is 1. The van der Waals surface area contributed by atoms with Crippen molar-refractivity contribution in [1.29, 1.82) is 0 Å². The zero-order chi connectivity index (χ0) is 20.7. The summed E-state index contributed by atoms with van der Waals surface area (Å²) in [4.78, 5) is 16.8. The van der Waals surface area contributed by atoms with Crippen LogP contribution in [0.2, 0.25) is 5.02 Å². The number of nitrogens with one attached hydrogen (secondary N) is 1. The highest BCUT2D eigenvalue weighted by Crippen LogP contribution is 2.25. The van der Waals surface area contributed by atoms with Crippen molar-refractivity contribution in [2.24, 2.45) is 4.99 Å². The number of allylic oxidation sites excluding steroid dienone is 3. The molecule has 0 saturated heterocycles. The van der Waals surface area contributed by atoms with E-state index >= 15 is 0 Å². The number of carbonyl (C=O) groups is 1. The van der Waals surface area contributed by atoms with Gasteiger partial charge in [0.2, 0.25) is 11.8 Å². The van der Waals surface area contributed by atoms with Gasteiger partial charge in [-0.1, -0.05) is 24.3 Å². The molecule has 148 valence electrons. The standard InChI is InChI=1S/C20H24ClN5O2/c1-6-7-13(2)26-14(3)24-25-19(26)17(12-18(27)22-4)23-20(28-5)15-8-10-16(21)11-9-15/h6-11,17H,1,12H2,2-5H3,(H,22,27)/b13-7+,23-20-/t17-/m0/s1. The number of amides is 1. The molecule has 1 amide bonds. The fourth-order valence-electron chi connectivity index (χ4n) is 2.73. The SMILES string of the molecule is C=C/C=C(\C)n1c(C)nnc1[C@H](CC(=O)NC)/N=C(\OC)c1ccc(Cl)cc1. The summed E-state index contributed by atoms with van der Waals surface area (Å²) in [5.41, 5.74) is 1.62. The topological polar surface area (TPSA) is 81.4 Å². The minimum absolute atomic E-state index is 0.0937. The molecule has 1 aromatic carbocycles. The average molecular weight is 402 g/mol. The number of aliphatic imine (C=N–C) groups is 1. The van der Waals surface area contributed by atoms with Crippen LogP contribution in [0.25, 0.3) is 5.70 Å². The third kappa shape index (κ3) is 5.07. The molecule has 1 aromatic heterocycles. The number of nitrogens with zero attached hydrogens (tertiary/aromatic N) is 4. The Kier molecular flexibility index (Phi) is 7.52. The predicted octanol–water partition coefficient (Wildman–Crippen LogP) is 3.56. The molecule has 0 spiro atoms. The van der Waals surface area contributed by atoms with Crippen molar-refractivity contribution in [3.63, 3.8) is 0 Å². The summed E-state index contributed by atoms with van der Waals surface area (Å²) in [6.07, 6.45) is 3.62. The van der Waals surface area contributed by atoms with E-state index in [1.807, 2.05) is 24.5 Å². The van der Waals surface area contributed by atoms with Gasteiger partial charge in [-0.05, 0) is 44.2 Å². The molecule has 0 fully saturated rings. The number of halogens is 1. The Hall–Kier alpha value is -2.93. The van der Waals surface area contributed by atoms with E-state index in [0.29, 0.717) is 22.6 Å². The summed E-state index contributed by atoms with van der Waals surface area (Å²) >= 11 is 5.97. The molecule has 0 aliphatic carbocycles. The summed E-state index contributed by atoms with van der Waals surface area (Å²) in [5.74, 6) is 1.44. The highest BCUT2D eigenvalue weighted by atomic mass is 35.5. The molecule has 2 rings (SSSR count). The predicted molar refractivity (Wildman–Crippen MR) is 111 cm³/mol. The van der Waals surface area contributed by atoms with Gasteiger partial charge in [-0.2, -0.15) is 0 Å². The quantitative estimate of drug-likeness (QED) is 0.437. The molecule has 8 heteroatoms. The average Bonchev–Trinajstić information content (AvgIpc) is 3.07. The maximum atomic E-state index is 12.1. The fraction of sp³-hybridized carbons (Fsp3) is 0.300. The molecule has 2 aromatic rings. The van der Waals surface area contributed by atoms with Crippen LogP contribution in [0.5, 0.6) is 0 Å². The molecule has 0 saturated carbocycles. The largest absolute Gasteiger partial charge is 0.481 e. The number of carbonyl (C=O) groups excluding carboxylic acids is 1. The lowest BCUT2D eigenvalue weighted by Crippen LogP contribution is -2.22. The normalized spacial score (nSPS) is 13.2. The van der Waals surface area contributed by atoms with Crippen molar-refractivity contribution in [2.45, 2.75) is 26.3 Å². The third-order valence-corrected chi connectivity index (χ3v) is 4.33. The van der Waals surface area contributed by atoms with Crippen molar-refractivity contribution in [3.05, 3.63) is 65.2 Å². The summed E-state index contributed by atoms with van der Waals surface area (Å²) in [5, 5.41) is 11.7. The van der Waals surface area contributed by atoms with Crippen molar-refractivity contribution >= 4 is 29.1 Å². The Bertz CT molecular complexity index is 900. The first kappa shape index (κ1) is 21.4. The van der Waals surface area contributed by atoms with Crippen molar-refractivity contribution in [3.8, 4) is 0 Å². The second-order valence-corrected chi connectivity index (χ2v) is 6.46. The second-order valence-electron chi connectivity index (χ2n) is 6.02. The molecule has 1 N–H and O–H groups in total. The number of rotatable bonds is 7. The van der Waals surface area contributed by atoms with Gasteiger partial charge < -0.3 is 10.1 Å². The molecular formula is C20H24ClN5O2. The van der Waals surface area contributed by atoms with E-state index < -0.39 is 6.04 Å². The number of aryl methyl sites for hydroxylation is 1. The van der Waals surface area contributed by atoms with Crippen LogP contribution in [0.1, 0.15) is 36.6 Å². The van der Waals surface area contributed by atoms with E-state index in [9.17, 15) is 4.79 Å². The highest BCUT2D eigenvalue weighted by molar-refractivity contribution is 6.30. The molecule has 1 atom stereocenters. The molecule has 7 nitrogen and oxygen atoms in total. The lowest BCUT2D eigenvalue weighted by Gasteiger charge is -2.16. The monoisotopic (exact) mass is 401 g/mol. The number of hydrogen-bond acceptors (Lipinski definition) is 5. The van der Waals surface area contributed by atoms with Crippen LogP contribution in [-0.4, -0.2) is 40.7 Å². The minimum Gasteiger partial charge on any atom is -0.481 e. The molecule has 1 heterocycles. The summed E-state index contributed by atoms with van der Waals surface area (Å²) in [6.45, 7) is 7.49. The first-order chi connectivity index (χ1) is 13.4. The Morgan fingerprint density at radius 2 is 2.07 bits per heavy atom. The number of hydrogen-bond donors (Lipinski definition) is 1. The summed E-state index contributed by atoms with van der Waals surface area (Å²) < 4.78 is 7.34. The van der Waals surface area contributed by atoms with Crippen LogP contribution < -0.4 is 5.32 Å². The fourth-order valence-corrected chi connectivity index (χ4v) is 2.85. The number of aromatic nitrogens is 3. The van der Waals surface area contributed by atoms with Crippen molar-refractivity contribution < 1.29 is 9.53 Å². The third-order valence-electron chi connectivity index (χ3n) is 4.07. The van der Waals surface area contributed by atoms with E-state index in [-0.39, 0.29) is 12.3 Å². The lowest BCUT2D eigenvalue weighted by molar-refractivity contribution is -0.121. The first-order valence-electron chi connectivity index (χ1n) is 8.71. The van der Waals surface area contributed by atoms with Gasteiger partial charge in [0.25, 0.3) is 0 Å². The van der Waals surface area contributed by atoms with Crippen LogP contribution in [0.15, 0.2) is 48.0 Å². The molecule has 0 bridgehead atoms. The van der Waals surface area contributed by atoms with E-state index in [4.69, 9.17) is 16.3 Å². The first-order valence-corrected chi connectivity index (χ1v) is 9.09. The van der Waals surface area contributed by atoms with Gasteiger partial charge in [-0.15, -0.1) is 10.2 Å². The van der Waals surface area contributed by atoms with Crippen LogP contribution in [0.4, 0.5) is 0 Å². The Labute approximate surface area is 169 Å². The number of ether oxygens (including phenoxy) is 1. The summed E-state index contributed by atoms with van der Waals surface area (Å²) in [6, 6.07) is 6.52. The molecule has 28 heavy (non-hydrogen) atoms. The van der Waals surface area contributed by atoms with Crippen LogP contribution in [-0.2, 0) is 9.53 Å². The Morgan fingerprint density at radius 3 is 2.64 bits per heavy atom. The second kappa shape index (κ2) is 9.85. The van der Waals surface area contributed by atoms with Crippen molar-refractivity contribution in [1.82, 2.24) is 20.1 Å². The van der Waals surface area contributed by atoms with Gasteiger partial charge in [0, 0.05) is 23.3 Å². The van der Waals surface area contributed by atoms with Gasteiger partial charge in [-0.25, -0.2) is 4.99 Å². The highest BCUT2D eigenvalue weighted by Gasteiger charge is 2.24. The molecule has 0 unspecified atom stereocenters. The van der Waals surface area contributed by atoms with Crippen LogP contribution >= 0.6 is 11.6 Å². The van der Waals surface area contributed by atoms with E-state index in [1.54, 1.807) is 37.4 Å². The van der Waals surface area contributed by atoms with Crippen LogP contribution in [0, 0.1) is 6.92 Å². The lowest BCUT2D eigenvalue weighted by atomic mass is 10.1.